The van der Waals surface area contributed by atoms with Crippen molar-refractivity contribution in [1.29, 1.82) is 0 Å². The molecular weight excluding hydrogens is 150 g/mol. The number of amides is 1. The molecule has 1 fully saturated rings. The Bertz CT molecular complexity index is 146. The third kappa shape index (κ3) is 2.50. The lowest BCUT2D eigenvalue weighted by molar-refractivity contribution is -0.133. The van der Waals surface area contributed by atoms with E-state index >= 15 is 0 Å². The molecule has 0 aliphatic heterocycles. The zero-order valence-electron chi connectivity index (χ0n) is 8.18. The van der Waals surface area contributed by atoms with Gasteiger partial charge in [-0.3, -0.25) is 4.79 Å². The molecular formula is C10H19NO. The third-order valence-corrected chi connectivity index (χ3v) is 2.65. The molecule has 0 aromatic rings. The average molecular weight is 169 g/mol. The van der Waals surface area contributed by atoms with Crippen molar-refractivity contribution >= 4 is 5.91 Å². The fourth-order valence-corrected chi connectivity index (χ4v) is 1.89. The van der Waals surface area contributed by atoms with E-state index in [0.29, 0.717) is 11.8 Å². The SMILES string of the molecule is CN(C)C(=O)C1CCCCCC1. The molecule has 0 aromatic carbocycles. The Labute approximate surface area is 74.9 Å². The summed E-state index contributed by atoms with van der Waals surface area (Å²) in [6, 6.07) is 0. The molecule has 12 heavy (non-hydrogen) atoms. The van der Waals surface area contributed by atoms with Crippen molar-refractivity contribution in [2.24, 2.45) is 5.92 Å². The van der Waals surface area contributed by atoms with Gasteiger partial charge in [0.05, 0.1) is 0 Å². The van der Waals surface area contributed by atoms with Gasteiger partial charge in [-0.05, 0) is 12.8 Å². The molecule has 0 radical (unpaired) electrons. The first kappa shape index (κ1) is 9.56. The molecule has 70 valence electrons. The second-order valence-corrected chi connectivity index (χ2v) is 3.92. The molecule has 1 rings (SSSR count). The molecule has 0 bridgehead atoms. The monoisotopic (exact) mass is 169 g/mol. The summed E-state index contributed by atoms with van der Waals surface area (Å²) >= 11 is 0. The highest BCUT2D eigenvalue weighted by Gasteiger charge is 2.20. The molecule has 2 heteroatoms. The molecule has 1 aliphatic rings. The van der Waals surface area contributed by atoms with E-state index in [4.69, 9.17) is 0 Å². The van der Waals surface area contributed by atoms with E-state index in [1.165, 1.54) is 25.7 Å². The third-order valence-electron chi connectivity index (χ3n) is 2.65. The van der Waals surface area contributed by atoms with Crippen LogP contribution in [0.1, 0.15) is 38.5 Å². The maximum atomic E-state index is 11.6. The normalized spacial score (nSPS) is 20.2. The Balaban J connectivity index is 2.43. The van der Waals surface area contributed by atoms with Crippen molar-refractivity contribution in [3.8, 4) is 0 Å². The van der Waals surface area contributed by atoms with Crippen molar-refractivity contribution in [2.75, 3.05) is 14.1 Å². The van der Waals surface area contributed by atoms with Crippen LogP contribution in [0.15, 0.2) is 0 Å². The highest BCUT2D eigenvalue weighted by Crippen LogP contribution is 2.23. The summed E-state index contributed by atoms with van der Waals surface area (Å²) in [6.07, 6.45) is 7.33. The van der Waals surface area contributed by atoms with Crippen molar-refractivity contribution < 1.29 is 4.79 Å². The van der Waals surface area contributed by atoms with Crippen molar-refractivity contribution in [3.05, 3.63) is 0 Å². The summed E-state index contributed by atoms with van der Waals surface area (Å²) in [7, 11) is 3.71. The lowest BCUT2D eigenvalue weighted by Gasteiger charge is -2.18. The molecule has 0 heterocycles. The highest BCUT2D eigenvalue weighted by molar-refractivity contribution is 5.78. The minimum Gasteiger partial charge on any atom is -0.349 e. The quantitative estimate of drug-likeness (QED) is 0.550. The van der Waals surface area contributed by atoms with Crippen LogP contribution < -0.4 is 0 Å². The Morgan fingerprint density at radius 2 is 1.58 bits per heavy atom. The second-order valence-electron chi connectivity index (χ2n) is 3.92. The van der Waals surface area contributed by atoms with Crippen LogP contribution in [0.2, 0.25) is 0 Å². The van der Waals surface area contributed by atoms with Crippen LogP contribution in [0.25, 0.3) is 0 Å². The predicted octanol–water partition coefficient (Wildman–Crippen LogP) is 2.04. The van der Waals surface area contributed by atoms with E-state index in [9.17, 15) is 4.79 Å². The van der Waals surface area contributed by atoms with Crippen LogP contribution in [-0.2, 0) is 4.79 Å². The number of nitrogens with zero attached hydrogens (tertiary/aromatic N) is 1. The van der Waals surface area contributed by atoms with E-state index < -0.39 is 0 Å². The van der Waals surface area contributed by atoms with E-state index in [0.717, 1.165) is 12.8 Å². The van der Waals surface area contributed by atoms with Crippen LogP contribution >= 0.6 is 0 Å². The van der Waals surface area contributed by atoms with Crippen molar-refractivity contribution in [2.45, 2.75) is 38.5 Å². The molecule has 0 N–H and O–H groups in total. The maximum Gasteiger partial charge on any atom is 0.225 e. The fourth-order valence-electron chi connectivity index (χ4n) is 1.89. The van der Waals surface area contributed by atoms with Gasteiger partial charge >= 0.3 is 0 Å². The number of hydrogen-bond acceptors (Lipinski definition) is 1. The topological polar surface area (TPSA) is 20.3 Å². The van der Waals surface area contributed by atoms with Gasteiger partial charge < -0.3 is 4.90 Å². The van der Waals surface area contributed by atoms with Crippen LogP contribution in [-0.4, -0.2) is 24.9 Å². The van der Waals surface area contributed by atoms with Crippen molar-refractivity contribution in [3.63, 3.8) is 0 Å². The first-order valence-corrected chi connectivity index (χ1v) is 4.93. The van der Waals surface area contributed by atoms with Gasteiger partial charge in [-0.2, -0.15) is 0 Å². The minimum absolute atomic E-state index is 0.322. The van der Waals surface area contributed by atoms with Crippen LogP contribution in [0, 0.1) is 5.92 Å². The molecule has 2 nitrogen and oxygen atoms in total. The van der Waals surface area contributed by atoms with E-state index in [2.05, 4.69) is 0 Å². The number of rotatable bonds is 1. The zero-order chi connectivity index (χ0) is 8.97. The van der Waals surface area contributed by atoms with Crippen LogP contribution in [0.5, 0.6) is 0 Å². The standard InChI is InChI=1S/C10H19NO/c1-11(2)10(12)9-7-5-3-4-6-8-9/h9H,3-8H2,1-2H3. The average Bonchev–Trinajstić information content (AvgIpc) is 2.30. The molecule has 0 atom stereocenters. The fraction of sp³-hybridized carbons (Fsp3) is 0.900. The van der Waals surface area contributed by atoms with Crippen LogP contribution in [0.3, 0.4) is 0 Å². The first-order chi connectivity index (χ1) is 5.72. The summed E-state index contributed by atoms with van der Waals surface area (Å²) in [5, 5.41) is 0. The summed E-state index contributed by atoms with van der Waals surface area (Å²) in [6.45, 7) is 0. The summed E-state index contributed by atoms with van der Waals surface area (Å²) in [5.41, 5.74) is 0. The molecule has 1 saturated carbocycles. The molecule has 0 saturated heterocycles. The second kappa shape index (κ2) is 4.48. The predicted molar refractivity (Wildman–Crippen MR) is 49.9 cm³/mol. The Hall–Kier alpha value is -0.530. The van der Waals surface area contributed by atoms with Gasteiger partial charge in [-0.1, -0.05) is 25.7 Å². The van der Waals surface area contributed by atoms with Gasteiger partial charge in [0.15, 0.2) is 0 Å². The molecule has 0 spiro atoms. The lowest BCUT2D eigenvalue weighted by Crippen LogP contribution is -2.29. The minimum atomic E-state index is 0.322. The smallest absolute Gasteiger partial charge is 0.225 e. The molecule has 1 aliphatic carbocycles. The van der Waals surface area contributed by atoms with E-state index in [1.807, 2.05) is 14.1 Å². The number of hydrogen-bond donors (Lipinski definition) is 0. The van der Waals surface area contributed by atoms with Crippen molar-refractivity contribution in [1.82, 2.24) is 4.90 Å². The number of carbonyl (C=O) groups excluding carboxylic acids is 1. The molecule has 0 aromatic heterocycles. The van der Waals surface area contributed by atoms with Gasteiger partial charge in [0.2, 0.25) is 5.91 Å². The summed E-state index contributed by atoms with van der Waals surface area (Å²) < 4.78 is 0. The van der Waals surface area contributed by atoms with Gasteiger partial charge in [-0.15, -0.1) is 0 Å². The number of carbonyl (C=O) groups is 1. The molecule has 0 unspecified atom stereocenters. The van der Waals surface area contributed by atoms with E-state index in [1.54, 1.807) is 4.90 Å². The lowest BCUT2D eigenvalue weighted by atomic mass is 9.99. The van der Waals surface area contributed by atoms with Gasteiger partial charge in [0.1, 0.15) is 0 Å². The zero-order valence-corrected chi connectivity index (χ0v) is 8.18. The Morgan fingerprint density at radius 3 is 2.00 bits per heavy atom. The first-order valence-electron chi connectivity index (χ1n) is 4.93. The van der Waals surface area contributed by atoms with E-state index in [-0.39, 0.29) is 0 Å². The maximum absolute atomic E-state index is 11.6. The Kier molecular flexibility index (Phi) is 3.57. The summed E-state index contributed by atoms with van der Waals surface area (Å²) in [4.78, 5) is 13.3. The molecule has 1 amide bonds. The Morgan fingerprint density at radius 1 is 1.08 bits per heavy atom. The van der Waals surface area contributed by atoms with Gasteiger partial charge in [0.25, 0.3) is 0 Å². The van der Waals surface area contributed by atoms with Gasteiger partial charge in [-0.25, -0.2) is 0 Å². The largest absolute Gasteiger partial charge is 0.349 e. The summed E-state index contributed by atoms with van der Waals surface area (Å²) in [5.74, 6) is 0.652. The van der Waals surface area contributed by atoms with Crippen LogP contribution in [0.4, 0.5) is 0 Å². The highest BCUT2D eigenvalue weighted by atomic mass is 16.2. The van der Waals surface area contributed by atoms with Gasteiger partial charge in [0, 0.05) is 20.0 Å².